The van der Waals surface area contributed by atoms with Gasteiger partial charge in [-0.1, -0.05) is 6.42 Å². The summed E-state index contributed by atoms with van der Waals surface area (Å²) in [5.41, 5.74) is 0. The van der Waals surface area contributed by atoms with Gasteiger partial charge in [-0.2, -0.15) is 0 Å². The zero-order valence-corrected chi connectivity index (χ0v) is 6.90. The van der Waals surface area contributed by atoms with Crippen molar-refractivity contribution in [1.29, 1.82) is 0 Å². The molecule has 1 aliphatic rings. The third kappa shape index (κ3) is 2.22. The third-order valence-corrected chi connectivity index (χ3v) is 2.17. The molecule has 1 aliphatic heterocycles. The van der Waals surface area contributed by atoms with Gasteiger partial charge in [0.25, 0.3) is 0 Å². The summed E-state index contributed by atoms with van der Waals surface area (Å²) >= 11 is 0. The Morgan fingerprint density at radius 3 is 2.83 bits per heavy atom. The van der Waals surface area contributed by atoms with Crippen molar-refractivity contribution in [3.8, 4) is 0 Å². The van der Waals surface area contributed by atoms with Crippen LogP contribution in [-0.4, -0.2) is 35.5 Å². The van der Waals surface area contributed by atoms with Gasteiger partial charge in [0.1, 0.15) is 6.29 Å². The average Bonchev–Trinajstić information content (AvgIpc) is 2.28. The molecule has 0 bridgehead atoms. The number of carboxylic acid groups (broad SMARTS) is 1. The first-order valence-electron chi connectivity index (χ1n) is 4.17. The van der Waals surface area contributed by atoms with Crippen molar-refractivity contribution in [2.75, 3.05) is 13.1 Å². The van der Waals surface area contributed by atoms with Crippen LogP contribution < -0.4 is 0 Å². The second-order valence-electron chi connectivity index (χ2n) is 3.12. The number of amides is 1. The van der Waals surface area contributed by atoms with E-state index in [9.17, 15) is 9.59 Å². The van der Waals surface area contributed by atoms with Crippen molar-refractivity contribution in [3.63, 3.8) is 0 Å². The van der Waals surface area contributed by atoms with E-state index in [1.807, 2.05) is 0 Å². The minimum atomic E-state index is -0.913. The van der Waals surface area contributed by atoms with Crippen LogP contribution in [0, 0.1) is 5.92 Å². The predicted molar refractivity (Wildman–Crippen MR) is 43.0 cm³/mol. The van der Waals surface area contributed by atoms with Crippen molar-refractivity contribution < 1.29 is 14.7 Å². The first-order chi connectivity index (χ1) is 5.74. The van der Waals surface area contributed by atoms with Crippen LogP contribution in [0.4, 0.5) is 4.79 Å². The molecule has 4 nitrogen and oxygen atoms in total. The molecule has 68 valence electrons. The van der Waals surface area contributed by atoms with Crippen molar-refractivity contribution in [3.05, 3.63) is 0 Å². The number of hydrogen-bond donors (Lipinski definition) is 1. The molecule has 1 heterocycles. The molecule has 1 rings (SSSR count). The van der Waals surface area contributed by atoms with Crippen LogP contribution in [0.25, 0.3) is 0 Å². The maximum atomic E-state index is 10.6. The van der Waals surface area contributed by atoms with Crippen molar-refractivity contribution in [2.24, 2.45) is 5.92 Å². The van der Waals surface area contributed by atoms with Gasteiger partial charge in [0, 0.05) is 19.0 Å². The van der Waals surface area contributed by atoms with Gasteiger partial charge >= 0.3 is 6.09 Å². The van der Waals surface area contributed by atoms with Crippen molar-refractivity contribution in [2.45, 2.75) is 19.3 Å². The van der Waals surface area contributed by atoms with Crippen LogP contribution in [0.1, 0.15) is 19.3 Å². The predicted octanol–water partition coefficient (Wildman–Crippen LogP) is 0.965. The van der Waals surface area contributed by atoms with Crippen molar-refractivity contribution >= 4 is 12.4 Å². The summed E-state index contributed by atoms with van der Waals surface area (Å²) in [5.74, 6) is -0.0939. The molecule has 4 heteroatoms. The topological polar surface area (TPSA) is 57.6 Å². The van der Waals surface area contributed by atoms with E-state index in [0.29, 0.717) is 13.1 Å². The lowest BCUT2D eigenvalue weighted by Crippen LogP contribution is -2.33. The van der Waals surface area contributed by atoms with E-state index >= 15 is 0 Å². The van der Waals surface area contributed by atoms with E-state index < -0.39 is 6.09 Å². The summed E-state index contributed by atoms with van der Waals surface area (Å²) in [4.78, 5) is 22.4. The second kappa shape index (κ2) is 4.09. The highest BCUT2D eigenvalue weighted by molar-refractivity contribution is 5.66. The standard InChI is InChI=1S/C8H13NO3/c10-6-7-3-1-2-4-9(5-7)8(11)12/h6-7H,1-5H2,(H,11,12). The Kier molecular flexibility index (Phi) is 3.08. The van der Waals surface area contributed by atoms with E-state index in [-0.39, 0.29) is 5.92 Å². The number of carbonyl (C=O) groups excluding carboxylic acids is 1. The molecule has 1 atom stereocenters. The first-order valence-corrected chi connectivity index (χ1v) is 4.17. The third-order valence-electron chi connectivity index (χ3n) is 2.17. The maximum absolute atomic E-state index is 10.6. The highest BCUT2D eigenvalue weighted by Gasteiger charge is 2.20. The van der Waals surface area contributed by atoms with E-state index in [4.69, 9.17) is 5.11 Å². The van der Waals surface area contributed by atoms with Gasteiger partial charge in [0.05, 0.1) is 0 Å². The van der Waals surface area contributed by atoms with E-state index in [1.165, 1.54) is 4.90 Å². The Labute approximate surface area is 71.2 Å². The van der Waals surface area contributed by atoms with E-state index in [0.717, 1.165) is 25.5 Å². The Bertz CT molecular complexity index is 181. The minimum absolute atomic E-state index is 0.0939. The number of rotatable bonds is 1. The van der Waals surface area contributed by atoms with Crippen molar-refractivity contribution in [1.82, 2.24) is 4.90 Å². The van der Waals surface area contributed by atoms with E-state index in [1.54, 1.807) is 0 Å². The molecule has 1 amide bonds. The zero-order chi connectivity index (χ0) is 8.97. The lowest BCUT2D eigenvalue weighted by atomic mass is 10.1. The van der Waals surface area contributed by atoms with Gasteiger partial charge in [0.15, 0.2) is 0 Å². The molecule has 1 unspecified atom stereocenters. The van der Waals surface area contributed by atoms with Crippen LogP contribution in [0.2, 0.25) is 0 Å². The number of aldehydes is 1. The Balaban J connectivity index is 2.52. The van der Waals surface area contributed by atoms with Crippen LogP contribution in [0.3, 0.4) is 0 Å². The Morgan fingerprint density at radius 2 is 2.25 bits per heavy atom. The van der Waals surface area contributed by atoms with Gasteiger partial charge in [-0.15, -0.1) is 0 Å². The van der Waals surface area contributed by atoms with Crippen LogP contribution in [0.5, 0.6) is 0 Å². The fourth-order valence-electron chi connectivity index (χ4n) is 1.46. The molecule has 0 aliphatic carbocycles. The summed E-state index contributed by atoms with van der Waals surface area (Å²) in [6.45, 7) is 0.943. The van der Waals surface area contributed by atoms with Gasteiger partial charge in [-0.25, -0.2) is 4.79 Å². The van der Waals surface area contributed by atoms with Crippen LogP contribution in [0.15, 0.2) is 0 Å². The average molecular weight is 171 g/mol. The Morgan fingerprint density at radius 1 is 1.50 bits per heavy atom. The molecule has 0 spiro atoms. The molecule has 0 aromatic carbocycles. The molecular weight excluding hydrogens is 158 g/mol. The lowest BCUT2D eigenvalue weighted by Gasteiger charge is -2.17. The number of hydrogen-bond acceptors (Lipinski definition) is 2. The molecular formula is C8H13NO3. The van der Waals surface area contributed by atoms with Gasteiger partial charge in [0.2, 0.25) is 0 Å². The SMILES string of the molecule is O=CC1CCCCN(C(=O)O)C1. The van der Waals surface area contributed by atoms with Crippen LogP contribution in [-0.2, 0) is 4.79 Å². The largest absolute Gasteiger partial charge is 0.465 e. The number of nitrogens with zero attached hydrogens (tertiary/aromatic N) is 1. The summed E-state index contributed by atoms with van der Waals surface area (Å²) in [5, 5.41) is 8.69. The summed E-state index contributed by atoms with van der Waals surface area (Å²) in [6.07, 6.45) is 2.60. The van der Waals surface area contributed by atoms with Crippen LogP contribution >= 0.6 is 0 Å². The first kappa shape index (κ1) is 9.03. The molecule has 1 fully saturated rings. The molecule has 0 saturated carbocycles. The summed E-state index contributed by atoms with van der Waals surface area (Å²) < 4.78 is 0. The summed E-state index contributed by atoms with van der Waals surface area (Å²) in [6, 6.07) is 0. The quantitative estimate of drug-likeness (QED) is 0.598. The Hall–Kier alpha value is -1.06. The minimum Gasteiger partial charge on any atom is -0.465 e. The smallest absolute Gasteiger partial charge is 0.407 e. The van der Waals surface area contributed by atoms with E-state index in [2.05, 4.69) is 0 Å². The number of carbonyl (C=O) groups is 2. The molecule has 0 radical (unpaired) electrons. The molecule has 0 aromatic rings. The number of likely N-dealkylation sites (tertiary alicyclic amines) is 1. The zero-order valence-electron chi connectivity index (χ0n) is 6.90. The molecule has 0 aromatic heterocycles. The molecule has 1 saturated heterocycles. The molecule has 12 heavy (non-hydrogen) atoms. The van der Waals surface area contributed by atoms with Gasteiger partial charge in [-0.3, -0.25) is 0 Å². The maximum Gasteiger partial charge on any atom is 0.407 e. The monoisotopic (exact) mass is 171 g/mol. The second-order valence-corrected chi connectivity index (χ2v) is 3.12. The summed E-state index contributed by atoms with van der Waals surface area (Å²) in [7, 11) is 0. The highest BCUT2D eigenvalue weighted by atomic mass is 16.4. The fourth-order valence-corrected chi connectivity index (χ4v) is 1.46. The lowest BCUT2D eigenvalue weighted by molar-refractivity contribution is -0.111. The van der Waals surface area contributed by atoms with Gasteiger partial charge < -0.3 is 14.8 Å². The normalized spacial score (nSPS) is 24.7. The highest BCUT2D eigenvalue weighted by Crippen LogP contribution is 2.14. The molecule has 1 N–H and O–H groups in total. The van der Waals surface area contributed by atoms with Gasteiger partial charge in [-0.05, 0) is 12.8 Å². The fraction of sp³-hybridized carbons (Fsp3) is 0.750.